The van der Waals surface area contributed by atoms with Crippen LogP contribution in [-0.4, -0.2) is 20.7 Å². The topological polar surface area (TPSA) is 76.9 Å². The molecule has 130 valence electrons. The van der Waals surface area contributed by atoms with Crippen LogP contribution in [0.2, 0.25) is 0 Å². The maximum absolute atomic E-state index is 12.7. The van der Waals surface area contributed by atoms with E-state index >= 15 is 0 Å². The monoisotopic (exact) mass is 356 g/mol. The Morgan fingerprint density at radius 1 is 1.24 bits per heavy atom. The van der Waals surface area contributed by atoms with Crippen LogP contribution >= 0.6 is 11.3 Å². The molecule has 2 aromatic heterocycles. The molecular weight excluding hydrogens is 336 g/mol. The predicted octanol–water partition coefficient (Wildman–Crippen LogP) is 3.16. The lowest BCUT2D eigenvalue weighted by Gasteiger charge is -2.07. The largest absolute Gasteiger partial charge is 0.296 e. The number of hydrogen-bond acceptors (Lipinski definition) is 5. The van der Waals surface area contributed by atoms with Crippen molar-refractivity contribution in [1.82, 2.24) is 14.8 Å². The van der Waals surface area contributed by atoms with Crippen molar-refractivity contribution in [1.29, 1.82) is 0 Å². The van der Waals surface area contributed by atoms with Gasteiger partial charge < -0.3 is 0 Å². The fourth-order valence-corrected chi connectivity index (χ4v) is 3.71. The van der Waals surface area contributed by atoms with Gasteiger partial charge in [-0.25, -0.2) is 9.67 Å². The summed E-state index contributed by atoms with van der Waals surface area (Å²) in [5.74, 6) is -0.355. The van der Waals surface area contributed by atoms with Gasteiger partial charge in [-0.3, -0.25) is 14.9 Å². The third kappa shape index (κ3) is 3.32. The summed E-state index contributed by atoms with van der Waals surface area (Å²) in [6, 6.07) is 7.00. The van der Waals surface area contributed by atoms with Crippen LogP contribution in [0.3, 0.4) is 0 Å². The number of carbonyl (C=O) groups is 1. The van der Waals surface area contributed by atoms with E-state index in [-0.39, 0.29) is 17.2 Å². The molecule has 0 spiro atoms. The van der Waals surface area contributed by atoms with Crippen molar-refractivity contribution in [3.8, 4) is 0 Å². The number of nitrogens with one attached hydrogen (secondary N) is 1. The number of rotatable bonds is 5. The lowest BCUT2D eigenvalue weighted by atomic mass is 10.1. The van der Waals surface area contributed by atoms with Gasteiger partial charge in [0.2, 0.25) is 0 Å². The summed E-state index contributed by atoms with van der Waals surface area (Å²) in [5.41, 5.74) is 1.05. The number of nitrogens with zero attached hydrogens (tertiary/aromatic N) is 3. The highest BCUT2D eigenvalue weighted by Gasteiger charge is 2.18. The molecule has 7 heteroatoms. The summed E-state index contributed by atoms with van der Waals surface area (Å²) >= 11 is 1.50. The maximum atomic E-state index is 12.7. The highest BCUT2D eigenvalue weighted by molar-refractivity contribution is 7.15. The molecule has 3 rings (SSSR count). The highest BCUT2D eigenvalue weighted by Crippen LogP contribution is 2.25. The lowest BCUT2D eigenvalue weighted by Crippen LogP contribution is -2.25. The van der Waals surface area contributed by atoms with E-state index in [4.69, 9.17) is 0 Å². The van der Waals surface area contributed by atoms with Crippen molar-refractivity contribution in [2.45, 2.75) is 33.1 Å². The molecule has 0 bridgehead atoms. The first kappa shape index (κ1) is 17.3. The van der Waals surface area contributed by atoms with E-state index in [9.17, 15) is 9.59 Å². The predicted molar refractivity (Wildman–Crippen MR) is 100 cm³/mol. The van der Waals surface area contributed by atoms with Gasteiger partial charge in [-0.1, -0.05) is 38.5 Å². The fourth-order valence-electron chi connectivity index (χ4n) is 2.77. The molecule has 0 saturated carbocycles. The molecule has 0 aliphatic carbocycles. The molecule has 0 atom stereocenters. The van der Waals surface area contributed by atoms with E-state index in [0.717, 1.165) is 25.0 Å². The molecule has 0 aliphatic rings. The van der Waals surface area contributed by atoms with Crippen LogP contribution in [0.1, 0.15) is 41.3 Å². The van der Waals surface area contributed by atoms with Crippen molar-refractivity contribution >= 4 is 33.1 Å². The van der Waals surface area contributed by atoms with Crippen LogP contribution < -0.4 is 10.9 Å². The molecule has 25 heavy (non-hydrogen) atoms. The van der Waals surface area contributed by atoms with Crippen molar-refractivity contribution < 1.29 is 4.79 Å². The van der Waals surface area contributed by atoms with Crippen LogP contribution in [0.5, 0.6) is 0 Å². The molecule has 3 aromatic rings. The van der Waals surface area contributed by atoms with Gasteiger partial charge in [0, 0.05) is 17.3 Å². The summed E-state index contributed by atoms with van der Waals surface area (Å²) in [6.45, 7) is 4.19. The molecule has 1 aromatic carbocycles. The van der Waals surface area contributed by atoms with Crippen molar-refractivity contribution in [2.24, 2.45) is 7.05 Å². The zero-order chi connectivity index (χ0) is 18.0. The second-order valence-corrected chi connectivity index (χ2v) is 6.85. The Hall–Kier alpha value is -2.54. The molecular formula is C18H20N4O2S. The highest BCUT2D eigenvalue weighted by atomic mass is 32.1. The second-order valence-electron chi connectivity index (χ2n) is 5.77. The van der Waals surface area contributed by atoms with Crippen LogP contribution in [0.25, 0.3) is 10.8 Å². The molecule has 1 amide bonds. The summed E-state index contributed by atoms with van der Waals surface area (Å²) in [4.78, 5) is 30.7. The van der Waals surface area contributed by atoms with E-state index in [0.29, 0.717) is 15.9 Å². The summed E-state index contributed by atoms with van der Waals surface area (Å²) in [7, 11) is 1.55. The average molecular weight is 356 g/mol. The number of thiazole rings is 1. The Kier molecular flexibility index (Phi) is 4.94. The van der Waals surface area contributed by atoms with E-state index in [1.54, 1.807) is 31.3 Å². The van der Waals surface area contributed by atoms with Crippen molar-refractivity contribution in [3.05, 3.63) is 50.9 Å². The lowest BCUT2D eigenvalue weighted by molar-refractivity contribution is 0.102. The number of carbonyl (C=O) groups excluding carboxylic acids is 1. The van der Waals surface area contributed by atoms with Gasteiger partial charge in [0.1, 0.15) is 0 Å². The summed E-state index contributed by atoms with van der Waals surface area (Å²) < 4.78 is 1.19. The minimum atomic E-state index is -0.355. The zero-order valence-electron chi connectivity index (χ0n) is 14.5. The number of anilines is 1. The molecule has 0 aliphatic heterocycles. The third-order valence-corrected chi connectivity index (χ3v) is 5.14. The first-order valence-corrected chi connectivity index (χ1v) is 9.12. The Morgan fingerprint density at radius 2 is 1.96 bits per heavy atom. The smallest absolute Gasteiger partial charge is 0.278 e. The molecule has 0 radical (unpaired) electrons. The minimum absolute atomic E-state index is 0.222. The van der Waals surface area contributed by atoms with Crippen LogP contribution in [0, 0.1) is 0 Å². The van der Waals surface area contributed by atoms with Gasteiger partial charge in [0.25, 0.3) is 11.5 Å². The standard InChI is InChI=1S/C18H20N4O2S/c1-4-8-13-14(5-2)25-18(19-13)20-16(23)15-11-9-6-7-10-12(11)17(24)22(3)21-15/h6-7,9-10H,4-5,8H2,1-3H3,(H,19,20,23). The molecule has 0 fully saturated rings. The molecule has 0 unspecified atom stereocenters. The van der Waals surface area contributed by atoms with Gasteiger partial charge in [0.15, 0.2) is 10.8 Å². The van der Waals surface area contributed by atoms with Gasteiger partial charge in [-0.05, 0) is 18.9 Å². The quantitative estimate of drug-likeness (QED) is 0.762. The van der Waals surface area contributed by atoms with Crippen molar-refractivity contribution in [2.75, 3.05) is 5.32 Å². The van der Waals surface area contributed by atoms with Crippen LogP contribution in [-0.2, 0) is 19.9 Å². The Balaban J connectivity index is 1.98. The first-order chi connectivity index (χ1) is 12.0. The SMILES string of the molecule is CCCc1nc(NC(=O)c2nn(C)c(=O)c3ccccc23)sc1CC. The number of amides is 1. The van der Waals surface area contributed by atoms with E-state index in [1.807, 2.05) is 0 Å². The Bertz CT molecular complexity index is 990. The minimum Gasteiger partial charge on any atom is -0.296 e. The van der Waals surface area contributed by atoms with Gasteiger partial charge in [-0.2, -0.15) is 5.10 Å². The normalized spacial score (nSPS) is 11.0. The maximum Gasteiger partial charge on any atom is 0.278 e. The summed E-state index contributed by atoms with van der Waals surface area (Å²) in [5, 5.41) is 8.59. The number of aryl methyl sites for hydroxylation is 3. The average Bonchev–Trinajstić information content (AvgIpc) is 3.00. The van der Waals surface area contributed by atoms with Gasteiger partial charge in [0.05, 0.1) is 11.1 Å². The Morgan fingerprint density at radius 3 is 2.64 bits per heavy atom. The Labute approximate surface area is 149 Å². The van der Waals surface area contributed by atoms with Crippen molar-refractivity contribution in [3.63, 3.8) is 0 Å². The second kappa shape index (κ2) is 7.14. The first-order valence-electron chi connectivity index (χ1n) is 8.31. The van der Waals surface area contributed by atoms with Crippen LogP contribution in [0.4, 0.5) is 5.13 Å². The van der Waals surface area contributed by atoms with E-state index in [1.165, 1.54) is 20.9 Å². The molecule has 1 N–H and O–H groups in total. The number of aromatic nitrogens is 3. The third-order valence-electron chi connectivity index (χ3n) is 3.98. The number of hydrogen-bond donors (Lipinski definition) is 1. The number of fused-ring (bicyclic) bond motifs is 1. The molecule has 6 nitrogen and oxygen atoms in total. The molecule has 0 saturated heterocycles. The van der Waals surface area contributed by atoms with Gasteiger partial charge in [-0.15, -0.1) is 11.3 Å². The fraction of sp³-hybridized carbons (Fsp3) is 0.333. The van der Waals surface area contributed by atoms with E-state index in [2.05, 4.69) is 29.2 Å². The van der Waals surface area contributed by atoms with Gasteiger partial charge >= 0.3 is 0 Å². The molecule has 2 heterocycles. The van der Waals surface area contributed by atoms with Crippen LogP contribution in [0.15, 0.2) is 29.1 Å². The summed E-state index contributed by atoms with van der Waals surface area (Å²) in [6.07, 6.45) is 2.80. The van der Waals surface area contributed by atoms with E-state index < -0.39 is 0 Å². The zero-order valence-corrected chi connectivity index (χ0v) is 15.3. The number of benzene rings is 1.